The normalized spacial score (nSPS) is 10.2. The third-order valence-electron chi connectivity index (χ3n) is 1.43. The lowest BCUT2D eigenvalue weighted by Crippen LogP contribution is -2.21. The van der Waals surface area contributed by atoms with Crippen LogP contribution in [-0.2, 0) is 0 Å². The summed E-state index contributed by atoms with van der Waals surface area (Å²) in [5.41, 5.74) is 0. The highest BCUT2D eigenvalue weighted by molar-refractivity contribution is 5.29. The minimum Gasteiger partial charge on any atom is -0.368 e. The van der Waals surface area contributed by atoms with Crippen LogP contribution in [0, 0.1) is 0 Å². The molecule has 0 aliphatic heterocycles. The summed E-state index contributed by atoms with van der Waals surface area (Å²) >= 11 is 0. The number of aromatic nitrogens is 2. The lowest BCUT2D eigenvalue weighted by Gasteiger charge is -2.09. The van der Waals surface area contributed by atoms with Gasteiger partial charge in [-0.05, 0) is 14.1 Å². The molecule has 0 unspecified atom stereocenters. The first-order valence-electron chi connectivity index (χ1n) is 3.93. The second-order valence-corrected chi connectivity index (χ2v) is 2.82. The maximum atomic E-state index is 4.08. The fourth-order valence-electron chi connectivity index (χ4n) is 0.798. The van der Waals surface area contributed by atoms with Gasteiger partial charge in [-0.25, -0.2) is 4.98 Å². The Morgan fingerprint density at radius 2 is 2.25 bits per heavy atom. The summed E-state index contributed by atoms with van der Waals surface area (Å²) in [7, 11) is 4.08. The number of hydrogen-bond donors (Lipinski definition) is 1. The van der Waals surface area contributed by atoms with Crippen molar-refractivity contribution in [1.82, 2.24) is 14.9 Å². The van der Waals surface area contributed by atoms with Crippen LogP contribution < -0.4 is 5.32 Å². The van der Waals surface area contributed by atoms with Crippen molar-refractivity contribution in [3.8, 4) is 0 Å². The first kappa shape index (κ1) is 8.93. The van der Waals surface area contributed by atoms with Crippen molar-refractivity contribution >= 4 is 5.82 Å². The third-order valence-corrected chi connectivity index (χ3v) is 1.43. The lowest BCUT2D eigenvalue weighted by atomic mass is 10.5. The van der Waals surface area contributed by atoms with Gasteiger partial charge in [0.1, 0.15) is 5.82 Å². The minimum absolute atomic E-state index is 0.833. The first-order valence-corrected chi connectivity index (χ1v) is 3.93. The molecule has 0 aliphatic carbocycles. The number of anilines is 1. The molecule has 0 saturated heterocycles. The highest BCUT2D eigenvalue weighted by Gasteiger charge is 1.91. The number of hydrogen-bond acceptors (Lipinski definition) is 4. The zero-order valence-electron chi connectivity index (χ0n) is 7.49. The van der Waals surface area contributed by atoms with Crippen molar-refractivity contribution in [3.05, 3.63) is 18.6 Å². The van der Waals surface area contributed by atoms with Crippen LogP contribution in [-0.4, -0.2) is 42.1 Å². The summed E-state index contributed by atoms with van der Waals surface area (Å²) in [6.45, 7) is 1.89. The van der Waals surface area contributed by atoms with Crippen LogP contribution in [0.15, 0.2) is 18.6 Å². The van der Waals surface area contributed by atoms with E-state index in [2.05, 4.69) is 20.2 Å². The van der Waals surface area contributed by atoms with E-state index in [0.29, 0.717) is 0 Å². The zero-order valence-corrected chi connectivity index (χ0v) is 7.49. The molecule has 0 spiro atoms. The van der Waals surface area contributed by atoms with Crippen LogP contribution in [0.4, 0.5) is 5.82 Å². The smallest absolute Gasteiger partial charge is 0.144 e. The highest BCUT2D eigenvalue weighted by atomic mass is 15.1. The Hall–Kier alpha value is -1.16. The predicted octanol–water partition coefficient (Wildman–Crippen LogP) is 0.450. The molecule has 1 heterocycles. The van der Waals surface area contributed by atoms with Crippen molar-refractivity contribution < 1.29 is 0 Å². The molecule has 1 rings (SSSR count). The van der Waals surface area contributed by atoms with E-state index in [1.54, 1.807) is 18.6 Å². The molecule has 0 saturated carbocycles. The van der Waals surface area contributed by atoms with Gasteiger partial charge in [0.25, 0.3) is 0 Å². The van der Waals surface area contributed by atoms with Crippen LogP contribution in [0.5, 0.6) is 0 Å². The molecule has 1 aromatic heterocycles. The van der Waals surface area contributed by atoms with E-state index in [1.807, 2.05) is 14.1 Å². The Kier molecular flexibility index (Phi) is 3.47. The molecule has 1 N–H and O–H groups in total. The van der Waals surface area contributed by atoms with Gasteiger partial charge in [-0.2, -0.15) is 0 Å². The number of rotatable bonds is 4. The van der Waals surface area contributed by atoms with Gasteiger partial charge in [0.05, 0.1) is 6.20 Å². The highest BCUT2D eigenvalue weighted by Crippen LogP contribution is 1.95. The zero-order chi connectivity index (χ0) is 8.81. The average molecular weight is 166 g/mol. The quantitative estimate of drug-likeness (QED) is 0.705. The van der Waals surface area contributed by atoms with Crippen LogP contribution >= 0.6 is 0 Å². The Bertz CT molecular complexity index is 210. The third kappa shape index (κ3) is 3.30. The first-order chi connectivity index (χ1) is 5.79. The van der Waals surface area contributed by atoms with E-state index >= 15 is 0 Å². The molecule has 12 heavy (non-hydrogen) atoms. The molecule has 0 amide bonds. The summed E-state index contributed by atoms with van der Waals surface area (Å²) in [6, 6.07) is 0. The summed E-state index contributed by atoms with van der Waals surface area (Å²) in [5.74, 6) is 0.833. The SMILES string of the molecule is CN(C)CCNc1cnccn1. The fraction of sp³-hybridized carbons (Fsp3) is 0.500. The van der Waals surface area contributed by atoms with Crippen molar-refractivity contribution in [2.24, 2.45) is 0 Å². The summed E-state index contributed by atoms with van der Waals surface area (Å²) in [5, 5.41) is 3.16. The molecule has 4 nitrogen and oxygen atoms in total. The van der Waals surface area contributed by atoms with Gasteiger partial charge >= 0.3 is 0 Å². The van der Waals surface area contributed by atoms with Gasteiger partial charge in [-0.3, -0.25) is 4.98 Å². The molecule has 1 aromatic rings. The second-order valence-electron chi connectivity index (χ2n) is 2.82. The summed E-state index contributed by atoms with van der Waals surface area (Å²) < 4.78 is 0. The van der Waals surface area contributed by atoms with E-state index in [-0.39, 0.29) is 0 Å². The molecule has 0 aromatic carbocycles. The number of nitrogens with zero attached hydrogens (tertiary/aromatic N) is 3. The Morgan fingerprint density at radius 3 is 2.83 bits per heavy atom. The van der Waals surface area contributed by atoms with Crippen LogP contribution in [0.1, 0.15) is 0 Å². The fourth-order valence-corrected chi connectivity index (χ4v) is 0.798. The largest absolute Gasteiger partial charge is 0.368 e. The monoisotopic (exact) mass is 166 g/mol. The van der Waals surface area contributed by atoms with Crippen molar-refractivity contribution in [2.45, 2.75) is 0 Å². The molecule has 0 radical (unpaired) electrons. The van der Waals surface area contributed by atoms with Crippen LogP contribution in [0.2, 0.25) is 0 Å². The Morgan fingerprint density at radius 1 is 1.42 bits per heavy atom. The summed E-state index contributed by atoms with van der Waals surface area (Å²) in [6.07, 6.45) is 5.06. The van der Waals surface area contributed by atoms with Gasteiger partial charge in [0, 0.05) is 25.5 Å². The van der Waals surface area contributed by atoms with Crippen LogP contribution in [0.25, 0.3) is 0 Å². The topological polar surface area (TPSA) is 41.0 Å². The average Bonchev–Trinajstić information content (AvgIpc) is 2.05. The maximum absolute atomic E-state index is 4.08. The minimum atomic E-state index is 0.833. The molecule has 66 valence electrons. The molecule has 0 bridgehead atoms. The maximum Gasteiger partial charge on any atom is 0.144 e. The summed E-state index contributed by atoms with van der Waals surface area (Å²) in [4.78, 5) is 10.1. The van der Waals surface area contributed by atoms with Gasteiger partial charge < -0.3 is 10.2 Å². The standard InChI is InChI=1S/C8H14N4/c1-12(2)6-5-11-8-7-9-3-4-10-8/h3-4,7H,5-6H2,1-2H3,(H,10,11). The van der Waals surface area contributed by atoms with E-state index in [0.717, 1.165) is 18.9 Å². The van der Waals surface area contributed by atoms with Crippen molar-refractivity contribution in [1.29, 1.82) is 0 Å². The lowest BCUT2D eigenvalue weighted by molar-refractivity contribution is 0.425. The van der Waals surface area contributed by atoms with Gasteiger partial charge in [-0.1, -0.05) is 0 Å². The Balaban J connectivity index is 2.25. The number of nitrogens with one attached hydrogen (secondary N) is 1. The molecular weight excluding hydrogens is 152 g/mol. The molecular formula is C8H14N4. The van der Waals surface area contributed by atoms with E-state index < -0.39 is 0 Å². The molecule has 0 aliphatic rings. The second kappa shape index (κ2) is 4.66. The van der Waals surface area contributed by atoms with Gasteiger partial charge in [-0.15, -0.1) is 0 Å². The van der Waals surface area contributed by atoms with Crippen LogP contribution in [0.3, 0.4) is 0 Å². The van der Waals surface area contributed by atoms with Crippen molar-refractivity contribution in [3.63, 3.8) is 0 Å². The predicted molar refractivity (Wildman–Crippen MR) is 49.1 cm³/mol. The van der Waals surface area contributed by atoms with Gasteiger partial charge in [0.15, 0.2) is 0 Å². The molecule has 0 fully saturated rings. The number of likely N-dealkylation sites (N-methyl/N-ethyl adjacent to an activating group) is 1. The van der Waals surface area contributed by atoms with E-state index in [4.69, 9.17) is 0 Å². The van der Waals surface area contributed by atoms with Gasteiger partial charge in [0.2, 0.25) is 0 Å². The van der Waals surface area contributed by atoms with E-state index in [1.165, 1.54) is 0 Å². The van der Waals surface area contributed by atoms with Crippen molar-refractivity contribution in [2.75, 3.05) is 32.5 Å². The van der Waals surface area contributed by atoms with E-state index in [9.17, 15) is 0 Å². The Labute approximate surface area is 72.6 Å². The molecule has 4 heteroatoms. The molecule has 0 atom stereocenters.